The van der Waals surface area contributed by atoms with Gasteiger partial charge in [0.05, 0.1) is 4.90 Å². The number of nitrogens with one attached hydrogen (secondary N) is 1. The van der Waals surface area contributed by atoms with Crippen LogP contribution in [0, 0.1) is 6.92 Å². The highest BCUT2D eigenvalue weighted by Gasteiger charge is 2.20. The van der Waals surface area contributed by atoms with E-state index < -0.39 is 10.0 Å². The molecule has 1 heterocycles. The van der Waals surface area contributed by atoms with Gasteiger partial charge in [0.25, 0.3) is 0 Å². The molecule has 0 bridgehead atoms. The summed E-state index contributed by atoms with van der Waals surface area (Å²) in [5, 5.41) is 7.91. The van der Waals surface area contributed by atoms with Gasteiger partial charge in [0.1, 0.15) is 0 Å². The van der Waals surface area contributed by atoms with Crippen molar-refractivity contribution in [2.24, 2.45) is 5.14 Å². The predicted molar refractivity (Wildman–Crippen MR) is 106 cm³/mol. The Morgan fingerprint density at radius 2 is 1.81 bits per heavy atom. The molecule has 0 radical (unpaired) electrons. The molecule has 0 spiro atoms. The van der Waals surface area contributed by atoms with Crippen molar-refractivity contribution in [1.82, 2.24) is 4.90 Å². The zero-order valence-corrected chi connectivity index (χ0v) is 16.1. The number of amides is 2. The summed E-state index contributed by atoms with van der Waals surface area (Å²) in [6.45, 7) is 4.95. The fraction of sp³-hybridized carbons (Fsp3) is 0.316. The van der Waals surface area contributed by atoms with E-state index in [1.54, 1.807) is 17.0 Å². The zero-order valence-electron chi connectivity index (χ0n) is 15.3. The standard InChI is InChI=1S/C19H24N4O3S/c1-15-6-2-3-9-18(15)22-10-5-11-23(13-12-22)19(24)21-16-7-4-8-17(14-16)27(20,25)26/h2-4,6-9,14H,5,10-13H2,1H3,(H,21,24)(H2,20,25,26). The molecule has 3 N–H and O–H groups in total. The zero-order chi connectivity index (χ0) is 19.4. The van der Waals surface area contributed by atoms with Gasteiger partial charge in [-0.1, -0.05) is 24.3 Å². The summed E-state index contributed by atoms with van der Waals surface area (Å²) in [6, 6.07) is 14.0. The first-order valence-corrected chi connectivity index (χ1v) is 10.4. The highest BCUT2D eigenvalue weighted by atomic mass is 32.2. The van der Waals surface area contributed by atoms with Crippen LogP contribution in [-0.2, 0) is 10.0 Å². The van der Waals surface area contributed by atoms with E-state index in [9.17, 15) is 13.2 Å². The van der Waals surface area contributed by atoms with Crippen LogP contribution in [0.15, 0.2) is 53.4 Å². The largest absolute Gasteiger partial charge is 0.369 e. The Morgan fingerprint density at radius 1 is 1.04 bits per heavy atom. The van der Waals surface area contributed by atoms with Crippen molar-refractivity contribution in [3.63, 3.8) is 0 Å². The molecular formula is C19H24N4O3S. The monoisotopic (exact) mass is 388 g/mol. The van der Waals surface area contributed by atoms with E-state index in [0.717, 1.165) is 19.5 Å². The van der Waals surface area contributed by atoms with Crippen LogP contribution < -0.4 is 15.4 Å². The second kappa shape index (κ2) is 7.98. The molecular weight excluding hydrogens is 364 g/mol. The Morgan fingerprint density at radius 3 is 2.56 bits per heavy atom. The van der Waals surface area contributed by atoms with Crippen molar-refractivity contribution >= 4 is 27.4 Å². The molecule has 2 aromatic carbocycles. The fourth-order valence-electron chi connectivity index (χ4n) is 3.23. The number of anilines is 2. The van der Waals surface area contributed by atoms with Crippen LogP contribution in [-0.4, -0.2) is 45.5 Å². The Bertz CT molecular complexity index is 930. The van der Waals surface area contributed by atoms with Crippen LogP contribution in [0.5, 0.6) is 0 Å². The topological polar surface area (TPSA) is 95.7 Å². The summed E-state index contributed by atoms with van der Waals surface area (Å²) in [5.74, 6) is 0. The average Bonchev–Trinajstić information content (AvgIpc) is 2.88. The minimum atomic E-state index is -3.81. The van der Waals surface area contributed by atoms with Crippen LogP contribution in [0.1, 0.15) is 12.0 Å². The fourth-order valence-corrected chi connectivity index (χ4v) is 3.79. The molecule has 2 aromatic rings. The molecule has 2 amide bonds. The number of carbonyl (C=O) groups excluding carboxylic acids is 1. The molecule has 1 saturated heterocycles. The van der Waals surface area contributed by atoms with E-state index in [-0.39, 0.29) is 10.9 Å². The van der Waals surface area contributed by atoms with E-state index in [0.29, 0.717) is 18.8 Å². The molecule has 3 rings (SSSR count). The molecule has 0 atom stereocenters. The van der Waals surface area contributed by atoms with Gasteiger partial charge in [-0.2, -0.15) is 0 Å². The normalized spacial score (nSPS) is 15.3. The SMILES string of the molecule is Cc1ccccc1N1CCCN(C(=O)Nc2cccc(S(N)(=O)=O)c2)CC1. The Hall–Kier alpha value is -2.58. The number of urea groups is 1. The number of para-hydroxylation sites is 1. The summed E-state index contributed by atoms with van der Waals surface area (Å²) in [6.07, 6.45) is 0.860. The van der Waals surface area contributed by atoms with Crippen LogP contribution in [0.2, 0.25) is 0 Å². The second-order valence-electron chi connectivity index (χ2n) is 6.62. The van der Waals surface area contributed by atoms with Gasteiger partial charge in [0.2, 0.25) is 10.0 Å². The number of hydrogen-bond acceptors (Lipinski definition) is 4. The summed E-state index contributed by atoms with van der Waals surface area (Å²) in [4.78, 5) is 16.6. The van der Waals surface area contributed by atoms with Crippen molar-refractivity contribution in [1.29, 1.82) is 0 Å². The van der Waals surface area contributed by atoms with Crippen molar-refractivity contribution in [3.05, 3.63) is 54.1 Å². The lowest BCUT2D eigenvalue weighted by Crippen LogP contribution is -2.38. The number of aryl methyl sites for hydroxylation is 1. The molecule has 144 valence electrons. The molecule has 1 aliphatic heterocycles. The Balaban J connectivity index is 1.66. The maximum Gasteiger partial charge on any atom is 0.321 e. The van der Waals surface area contributed by atoms with Gasteiger partial charge in [-0.25, -0.2) is 18.4 Å². The lowest BCUT2D eigenvalue weighted by molar-refractivity contribution is 0.215. The number of carbonyl (C=O) groups is 1. The molecule has 0 unspecified atom stereocenters. The minimum absolute atomic E-state index is 0.0260. The minimum Gasteiger partial charge on any atom is -0.369 e. The first kappa shape index (κ1) is 19.2. The number of hydrogen-bond donors (Lipinski definition) is 2. The lowest BCUT2D eigenvalue weighted by Gasteiger charge is -2.25. The molecule has 27 heavy (non-hydrogen) atoms. The van der Waals surface area contributed by atoms with Gasteiger partial charge in [-0.3, -0.25) is 0 Å². The summed E-state index contributed by atoms with van der Waals surface area (Å²) >= 11 is 0. The number of sulfonamides is 1. The smallest absolute Gasteiger partial charge is 0.321 e. The quantitative estimate of drug-likeness (QED) is 0.844. The molecule has 8 heteroatoms. The van der Waals surface area contributed by atoms with Gasteiger partial charge in [-0.05, 0) is 43.2 Å². The van der Waals surface area contributed by atoms with Crippen LogP contribution in [0.4, 0.5) is 16.2 Å². The van der Waals surface area contributed by atoms with Crippen LogP contribution >= 0.6 is 0 Å². The Kier molecular flexibility index (Phi) is 5.67. The highest BCUT2D eigenvalue weighted by molar-refractivity contribution is 7.89. The predicted octanol–water partition coefficient (Wildman–Crippen LogP) is 2.39. The average molecular weight is 388 g/mol. The summed E-state index contributed by atoms with van der Waals surface area (Å²) in [5.41, 5.74) is 2.82. The molecule has 1 aliphatic rings. The molecule has 7 nitrogen and oxygen atoms in total. The summed E-state index contributed by atoms with van der Waals surface area (Å²) in [7, 11) is -3.81. The van der Waals surface area contributed by atoms with E-state index in [4.69, 9.17) is 5.14 Å². The molecule has 1 fully saturated rings. The third kappa shape index (κ3) is 4.78. The molecule has 0 aliphatic carbocycles. The molecule has 0 aromatic heterocycles. The number of nitrogens with two attached hydrogens (primary N) is 1. The number of primary sulfonamides is 1. The van der Waals surface area contributed by atoms with E-state index in [1.807, 2.05) is 12.1 Å². The van der Waals surface area contributed by atoms with Crippen LogP contribution in [0.3, 0.4) is 0 Å². The maximum absolute atomic E-state index is 12.6. The second-order valence-corrected chi connectivity index (χ2v) is 8.18. The van der Waals surface area contributed by atoms with Crippen molar-refractivity contribution < 1.29 is 13.2 Å². The third-order valence-electron chi connectivity index (χ3n) is 4.65. The van der Waals surface area contributed by atoms with Gasteiger partial charge >= 0.3 is 6.03 Å². The van der Waals surface area contributed by atoms with Gasteiger partial charge in [-0.15, -0.1) is 0 Å². The lowest BCUT2D eigenvalue weighted by atomic mass is 10.2. The first-order valence-electron chi connectivity index (χ1n) is 8.84. The third-order valence-corrected chi connectivity index (χ3v) is 5.56. The number of rotatable bonds is 3. The van der Waals surface area contributed by atoms with Crippen molar-refractivity contribution in [3.8, 4) is 0 Å². The highest BCUT2D eigenvalue weighted by Crippen LogP contribution is 2.21. The van der Waals surface area contributed by atoms with Gasteiger partial charge < -0.3 is 15.1 Å². The van der Waals surface area contributed by atoms with E-state index in [2.05, 4.69) is 29.3 Å². The van der Waals surface area contributed by atoms with Gasteiger partial charge in [0.15, 0.2) is 0 Å². The molecule has 0 saturated carbocycles. The van der Waals surface area contributed by atoms with E-state index in [1.165, 1.54) is 23.4 Å². The number of benzene rings is 2. The first-order chi connectivity index (χ1) is 12.8. The Labute approximate surface area is 159 Å². The number of nitrogens with zero attached hydrogens (tertiary/aromatic N) is 2. The van der Waals surface area contributed by atoms with Crippen LogP contribution in [0.25, 0.3) is 0 Å². The van der Waals surface area contributed by atoms with Gasteiger partial charge in [0, 0.05) is 37.6 Å². The maximum atomic E-state index is 12.6. The van der Waals surface area contributed by atoms with Crippen molar-refractivity contribution in [2.45, 2.75) is 18.2 Å². The van der Waals surface area contributed by atoms with Crippen molar-refractivity contribution in [2.75, 3.05) is 36.4 Å². The summed E-state index contributed by atoms with van der Waals surface area (Å²) < 4.78 is 22.9. The van der Waals surface area contributed by atoms with E-state index >= 15 is 0 Å².